The largest absolute Gasteiger partial charge is 0.458 e. The normalized spacial score (nSPS) is 19.9. The minimum Gasteiger partial charge on any atom is -0.458 e. The summed E-state index contributed by atoms with van der Waals surface area (Å²) in [7, 11) is 0. The summed E-state index contributed by atoms with van der Waals surface area (Å²) in [5.74, 6) is -1.61. The number of amides is 2. The Morgan fingerprint density at radius 1 is 1.29 bits per heavy atom. The number of carbonyl (C=O) groups is 3. The number of rotatable bonds is 6. The van der Waals surface area contributed by atoms with Gasteiger partial charge in [0.05, 0.1) is 48.1 Å². The molecule has 0 radical (unpaired) electrons. The summed E-state index contributed by atoms with van der Waals surface area (Å²) >= 11 is 0. The lowest BCUT2D eigenvalue weighted by Gasteiger charge is -2.31. The summed E-state index contributed by atoms with van der Waals surface area (Å²) in [5, 5.41) is 17.3. The molecule has 12 nitrogen and oxygen atoms in total. The number of halogens is 1. The number of fused-ring (bicyclic) bond motifs is 5. The van der Waals surface area contributed by atoms with E-state index in [4.69, 9.17) is 20.2 Å². The molecule has 0 saturated heterocycles. The number of carbonyl (C=O) groups excluding carboxylic acids is 3. The highest BCUT2D eigenvalue weighted by Crippen LogP contribution is 2.45. The van der Waals surface area contributed by atoms with E-state index in [0.717, 1.165) is 5.56 Å². The van der Waals surface area contributed by atoms with E-state index < -0.39 is 35.1 Å². The first kappa shape index (κ1) is 27.8. The predicted molar refractivity (Wildman–Crippen MR) is 147 cm³/mol. The molecular formula is C29H30FN5O7. The van der Waals surface area contributed by atoms with Gasteiger partial charge in [-0.15, -0.1) is 0 Å². The van der Waals surface area contributed by atoms with Crippen LogP contribution >= 0.6 is 0 Å². The molecule has 2 amide bonds. The fourth-order valence-corrected chi connectivity index (χ4v) is 6.29. The molecule has 6 rings (SSSR count). The monoisotopic (exact) mass is 579 g/mol. The number of pyridine rings is 2. The van der Waals surface area contributed by atoms with Crippen LogP contribution in [0.15, 0.2) is 16.9 Å². The van der Waals surface area contributed by atoms with Crippen LogP contribution in [0.3, 0.4) is 0 Å². The molecule has 4 heterocycles. The van der Waals surface area contributed by atoms with Crippen molar-refractivity contribution in [3.8, 4) is 11.4 Å². The number of cyclic esters (lactones) is 1. The summed E-state index contributed by atoms with van der Waals surface area (Å²) < 4.78 is 27.0. The van der Waals surface area contributed by atoms with Gasteiger partial charge in [-0.25, -0.2) is 19.0 Å². The summed E-state index contributed by atoms with van der Waals surface area (Å²) in [6.45, 7) is 3.05. The van der Waals surface area contributed by atoms with Crippen LogP contribution in [0.5, 0.6) is 0 Å². The Morgan fingerprint density at radius 3 is 2.81 bits per heavy atom. The molecule has 220 valence electrons. The van der Waals surface area contributed by atoms with E-state index in [0.29, 0.717) is 51.8 Å². The number of nitrogens with two attached hydrogens (primary N) is 1. The smallest absolute Gasteiger partial charge is 0.407 e. The van der Waals surface area contributed by atoms with Crippen LogP contribution in [-0.4, -0.2) is 52.3 Å². The lowest BCUT2D eigenvalue weighted by atomic mass is 9.81. The molecule has 3 aliphatic rings. The van der Waals surface area contributed by atoms with Crippen LogP contribution < -0.4 is 21.9 Å². The van der Waals surface area contributed by atoms with Gasteiger partial charge in [0, 0.05) is 22.6 Å². The molecule has 2 atom stereocenters. The maximum atomic E-state index is 15.0. The Morgan fingerprint density at radius 2 is 2.07 bits per heavy atom. The van der Waals surface area contributed by atoms with E-state index >= 15 is 4.39 Å². The first-order valence-corrected chi connectivity index (χ1v) is 13.8. The molecule has 5 N–H and O–H groups in total. The van der Waals surface area contributed by atoms with E-state index in [1.54, 1.807) is 19.9 Å². The van der Waals surface area contributed by atoms with Gasteiger partial charge in [0.1, 0.15) is 19.0 Å². The van der Waals surface area contributed by atoms with Crippen LogP contribution in [0, 0.1) is 12.7 Å². The first-order valence-electron chi connectivity index (χ1n) is 13.8. The molecule has 13 heteroatoms. The second kappa shape index (κ2) is 10.2. The van der Waals surface area contributed by atoms with Gasteiger partial charge < -0.3 is 35.5 Å². The Kier molecular flexibility index (Phi) is 6.73. The minimum absolute atomic E-state index is 0.00282. The Balaban J connectivity index is 1.45. The third kappa shape index (κ3) is 4.14. The van der Waals surface area contributed by atoms with E-state index in [9.17, 15) is 24.3 Å². The van der Waals surface area contributed by atoms with Crippen LogP contribution in [0.4, 0.5) is 9.18 Å². The molecule has 42 heavy (non-hydrogen) atoms. The highest BCUT2D eigenvalue weighted by molar-refractivity contribution is 5.93. The number of hydrogen-bond acceptors (Lipinski definition) is 9. The van der Waals surface area contributed by atoms with E-state index in [1.165, 1.54) is 10.6 Å². The highest BCUT2D eigenvalue weighted by atomic mass is 19.1. The number of nitrogens with one attached hydrogen (secondary N) is 2. The molecule has 1 aromatic carbocycles. The van der Waals surface area contributed by atoms with Crippen LogP contribution in [0.1, 0.15) is 59.2 Å². The van der Waals surface area contributed by atoms with Crippen molar-refractivity contribution in [3.05, 3.63) is 61.7 Å². The quantitative estimate of drug-likeness (QED) is 0.194. The van der Waals surface area contributed by atoms with Crippen molar-refractivity contribution in [2.24, 2.45) is 5.73 Å². The third-order valence-corrected chi connectivity index (χ3v) is 8.51. The number of aliphatic hydroxyl groups is 1. The van der Waals surface area contributed by atoms with Crippen molar-refractivity contribution in [3.63, 3.8) is 0 Å². The lowest BCUT2D eigenvalue weighted by Crippen LogP contribution is -2.44. The molecule has 0 unspecified atom stereocenters. The molecule has 0 bridgehead atoms. The zero-order chi connectivity index (χ0) is 29.9. The molecule has 2 aromatic heterocycles. The van der Waals surface area contributed by atoms with Crippen LogP contribution in [0.2, 0.25) is 0 Å². The fraction of sp³-hybridized carbons (Fsp3) is 0.414. The molecule has 0 saturated carbocycles. The van der Waals surface area contributed by atoms with Gasteiger partial charge in [0.15, 0.2) is 5.60 Å². The Labute approximate surface area is 239 Å². The van der Waals surface area contributed by atoms with Gasteiger partial charge in [0.25, 0.3) is 5.56 Å². The number of hydrogen-bond donors (Lipinski definition) is 4. The van der Waals surface area contributed by atoms with Crippen LogP contribution in [-0.2, 0) is 44.2 Å². The summed E-state index contributed by atoms with van der Waals surface area (Å²) in [5.41, 5.74) is 7.08. The van der Waals surface area contributed by atoms with Gasteiger partial charge in [-0.3, -0.25) is 9.59 Å². The number of aromatic nitrogens is 2. The lowest BCUT2D eigenvalue weighted by molar-refractivity contribution is -0.172. The number of ether oxygens (including phenoxy) is 2. The Bertz CT molecular complexity index is 1750. The zero-order valence-corrected chi connectivity index (χ0v) is 23.1. The SMILES string of the molecule is CC[C@@]1(O)C(=O)OCc2c1cc1n(c2=O)Cc2c-1nc1cc(F)c(C)c3c1c2[C@@H](NC(=O)OCCNC(=O)CN)CC3. The van der Waals surface area contributed by atoms with Crippen LogP contribution in [0.25, 0.3) is 22.3 Å². The van der Waals surface area contributed by atoms with Gasteiger partial charge in [-0.2, -0.15) is 0 Å². The molecule has 2 aliphatic heterocycles. The minimum atomic E-state index is -1.98. The van der Waals surface area contributed by atoms with Crippen molar-refractivity contribution in [1.82, 2.24) is 20.2 Å². The fourth-order valence-electron chi connectivity index (χ4n) is 6.29. The van der Waals surface area contributed by atoms with Crippen molar-refractivity contribution < 1.29 is 33.4 Å². The molecular weight excluding hydrogens is 549 g/mol. The second-order valence-electron chi connectivity index (χ2n) is 10.7. The highest BCUT2D eigenvalue weighted by Gasteiger charge is 2.46. The van der Waals surface area contributed by atoms with E-state index in [1.807, 2.05) is 0 Å². The standard InChI is InChI=1S/C29H30FN5O7/c1-3-29(40)17-8-21-25-15(11-35(21)26(37)16(17)12-42-27(29)38)24-19(34-28(39)41-7-6-32-22(36)10-31)5-4-14-13(2)18(30)9-20(33-25)23(14)24/h8-9,19,40H,3-7,10-12,31H2,1-2H3,(H,32,36)(H,34,39)/t19-,29-/m0/s1. The van der Waals surface area contributed by atoms with Gasteiger partial charge in [-0.05, 0) is 48.9 Å². The van der Waals surface area contributed by atoms with Gasteiger partial charge in [-0.1, -0.05) is 6.92 Å². The molecule has 0 fully saturated rings. The average Bonchev–Trinajstić information content (AvgIpc) is 3.35. The van der Waals surface area contributed by atoms with E-state index in [-0.39, 0.29) is 56.3 Å². The molecule has 1 aliphatic carbocycles. The maximum absolute atomic E-state index is 15.0. The molecule has 0 spiro atoms. The Hall–Kier alpha value is -4.36. The van der Waals surface area contributed by atoms with Crippen molar-refractivity contribution >= 4 is 28.9 Å². The van der Waals surface area contributed by atoms with Gasteiger partial charge in [0.2, 0.25) is 5.91 Å². The summed E-state index contributed by atoms with van der Waals surface area (Å²) in [6, 6.07) is 2.40. The predicted octanol–water partition coefficient (Wildman–Crippen LogP) is 1.32. The number of esters is 1. The maximum Gasteiger partial charge on any atom is 0.407 e. The van der Waals surface area contributed by atoms with Crippen molar-refractivity contribution in [2.75, 3.05) is 19.7 Å². The first-order chi connectivity index (χ1) is 20.1. The second-order valence-corrected chi connectivity index (χ2v) is 10.7. The zero-order valence-electron chi connectivity index (χ0n) is 23.1. The van der Waals surface area contributed by atoms with Gasteiger partial charge >= 0.3 is 12.1 Å². The number of alkyl carbamates (subject to hydrolysis) is 1. The van der Waals surface area contributed by atoms with E-state index in [2.05, 4.69) is 10.6 Å². The number of nitrogens with zero attached hydrogens (tertiary/aromatic N) is 2. The third-order valence-electron chi connectivity index (χ3n) is 8.51. The van der Waals surface area contributed by atoms with Crippen molar-refractivity contribution in [1.29, 1.82) is 0 Å². The topological polar surface area (TPSA) is 175 Å². The van der Waals surface area contributed by atoms with Crippen molar-refractivity contribution in [2.45, 2.75) is 57.9 Å². The summed E-state index contributed by atoms with van der Waals surface area (Å²) in [6.07, 6.45) is 0.231. The number of aryl methyl sites for hydroxylation is 1. The molecule has 3 aromatic rings. The number of benzene rings is 1. The summed E-state index contributed by atoms with van der Waals surface area (Å²) in [4.78, 5) is 55.1. The average molecular weight is 580 g/mol.